The van der Waals surface area contributed by atoms with Gasteiger partial charge in [0, 0.05) is 26.1 Å². The first-order valence-corrected chi connectivity index (χ1v) is 5.13. The third-order valence-corrected chi connectivity index (χ3v) is 3.69. The zero-order chi connectivity index (χ0) is 10.7. The number of rotatable bonds is 0. The number of nitrogens with zero attached hydrogens (tertiary/aromatic N) is 3. The van der Waals surface area contributed by atoms with Crippen LogP contribution < -0.4 is 0 Å². The van der Waals surface area contributed by atoms with Crippen LogP contribution in [0.15, 0.2) is 0 Å². The molecule has 0 saturated carbocycles. The molecule has 3 amide bonds. The second kappa shape index (κ2) is 2.63. The van der Waals surface area contributed by atoms with Crippen LogP contribution in [-0.4, -0.2) is 64.2 Å². The lowest BCUT2D eigenvalue weighted by Crippen LogP contribution is -2.47. The van der Waals surface area contributed by atoms with Gasteiger partial charge >= 0.3 is 6.03 Å². The molecule has 0 aromatic carbocycles. The Hall–Kier alpha value is -1.30. The molecule has 0 radical (unpaired) electrons. The second-order valence-corrected chi connectivity index (χ2v) is 4.59. The lowest BCUT2D eigenvalue weighted by atomic mass is 9.91. The van der Waals surface area contributed by atoms with Crippen molar-refractivity contribution in [3.8, 4) is 0 Å². The second-order valence-electron chi connectivity index (χ2n) is 4.59. The fourth-order valence-corrected chi connectivity index (χ4v) is 2.99. The van der Waals surface area contributed by atoms with Crippen LogP contribution in [0.25, 0.3) is 0 Å². The highest BCUT2D eigenvalue weighted by Gasteiger charge is 2.55. The maximum absolute atomic E-state index is 11.8. The van der Waals surface area contributed by atoms with Gasteiger partial charge in [-0.1, -0.05) is 0 Å². The number of likely N-dealkylation sites (N-methyl/N-ethyl adjacent to an activating group) is 1. The van der Waals surface area contributed by atoms with E-state index in [-0.39, 0.29) is 23.9 Å². The highest BCUT2D eigenvalue weighted by Crippen LogP contribution is 2.37. The van der Waals surface area contributed by atoms with Gasteiger partial charge in [-0.3, -0.25) is 10.0 Å². The van der Waals surface area contributed by atoms with Crippen LogP contribution in [0.4, 0.5) is 4.79 Å². The molecule has 0 aromatic heterocycles. The predicted octanol–water partition coefficient (Wildman–Crippen LogP) is -0.658. The summed E-state index contributed by atoms with van der Waals surface area (Å²) in [4.78, 5) is 26.6. The minimum absolute atomic E-state index is 0.00194. The Morgan fingerprint density at radius 1 is 1.33 bits per heavy atom. The Kier molecular flexibility index (Phi) is 1.57. The molecule has 6 heteroatoms. The number of carbonyl (C=O) groups is 2. The van der Waals surface area contributed by atoms with E-state index in [1.807, 2.05) is 0 Å². The summed E-state index contributed by atoms with van der Waals surface area (Å²) >= 11 is 0. The fourth-order valence-electron chi connectivity index (χ4n) is 2.99. The van der Waals surface area contributed by atoms with E-state index in [9.17, 15) is 14.8 Å². The fraction of sp³-hybridized carbons (Fsp3) is 0.778. The van der Waals surface area contributed by atoms with E-state index in [4.69, 9.17) is 0 Å². The van der Waals surface area contributed by atoms with Crippen molar-refractivity contribution in [1.29, 1.82) is 0 Å². The van der Waals surface area contributed by atoms with Crippen LogP contribution in [0.5, 0.6) is 0 Å². The monoisotopic (exact) mass is 211 g/mol. The SMILES string of the molecule is CN1CC2CC3CN(C(=O)N3O)C2C1=O. The highest BCUT2D eigenvalue weighted by atomic mass is 16.5. The summed E-state index contributed by atoms with van der Waals surface area (Å²) < 4.78 is 0. The van der Waals surface area contributed by atoms with E-state index < -0.39 is 6.03 Å². The molecule has 82 valence electrons. The summed E-state index contributed by atoms with van der Waals surface area (Å²) in [5.74, 6) is 0.185. The Bertz CT molecular complexity index is 343. The zero-order valence-corrected chi connectivity index (χ0v) is 8.46. The van der Waals surface area contributed by atoms with Crippen LogP contribution >= 0.6 is 0 Å². The maximum Gasteiger partial charge on any atom is 0.344 e. The molecule has 0 aromatic rings. The Morgan fingerprint density at radius 3 is 2.80 bits per heavy atom. The normalized spacial score (nSPS) is 39.1. The van der Waals surface area contributed by atoms with E-state index >= 15 is 0 Å². The number of urea groups is 1. The number of hydroxylamine groups is 2. The smallest absolute Gasteiger partial charge is 0.344 e. The van der Waals surface area contributed by atoms with Gasteiger partial charge in [0.1, 0.15) is 6.04 Å². The average Bonchev–Trinajstić information content (AvgIpc) is 2.61. The van der Waals surface area contributed by atoms with Gasteiger partial charge in [-0.15, -0.1) is 0 Å². The molecule has 0 spiro atoms. The molecule has 3 unspecified atom stereocenters. The molecule has 1 N–H and O–H groups in total. The van der Waals surface area contributed by atoms with Gasteiger partial charge in [-0.05, 0) is 6.42 Å². The van der Waals surface area contributed by atoms with Crippen LogP contribution in [0, 0.1) is 5.92 Å². The van der Waals surface area contributed by atoms with Crippen LogP contribution in [0.3, 0.4) is 0 Å². The quantitative estimate of drug-likeness (QED) is 0.541. The largest absolute Gasteiger partial charge is 0.344 e. The topological polar surface area (TPSA) is 64.1 Å². The number of amides is 3. The van der Waals surface area contributed by atoms with Gasteiger partial charge in [0.05, 0.1) is 6.04 Å². The average molecular weight is 211 g/mol. The first-order chi connectivity index (χ1) is 7.09. The highest BCUT2D eigenvalue weighted by molar-refractivity contribution is 5.90. The number of piperidine rings is 1. The number of fused-ring (bicyclic) bond motifs is 4. The van der Waals surface area contributed by atoms with Gasteiger partial charge in [0.15, 0.2) is 0 Å². The van der Waals surface area contributed by atoms with E-state index in [0.717, 1.165) is 11.5 Å². The van der Waals surface area contributed by atoms with E-state index in [1.54, 1.807) is 11.9 Å². The van der Waals surface area contributed by atoms with Crippen molar-refractivity contribution in [2.45, 2.75) is 18.5 Å². The molecule has 6 nitrogen and oxygen atoms in total. The van der Waals surface area contributed by atoms with Crippen molar-refractivity contribution in [2.75, 3.05) is 20.1 Å². The maximum atomic E-state index is 11.8. The van der Waals surface area contributed by atoms with Crippen LogP contribution in [0.1, 0.15) is 6.42 Å². The van der Waals surface area contributed by atoms with Crippen LogP contribution in [-0.2, 0) is 4.79 Å². The van der Waals surface area contributed by atoms with E-state index in [2.05, 4.69) is 0 Å². The molecule has 3 rings (SSSR count). The minimum Gasteiger partial charge on any atom is -0.344 e. The number of likely N-dealkylation sites (tertiary alicyclic amines) is 1. The van der Waals surface area contributed by atoms with Crippen molar-refractivity contribution in [3.05, 3.63) is 0 Å². The first kappa shape index (κ1) is 8.96. The molecular formula is C9H13N3O3. The first-order valence-electron chi connectivity index (χ1n) is 5.13. The van der Waals surface area contributed by atoms with Crippen molar-refractivity contribution in [3.63, 3.8) is 0 Å². The van der Waals surface area contributed by atoms with Gasteiger partial charge in [-0.2, -0.15) is 0 Å². The Morgan fingerprint density at radius 2 is 2.07 bits per heavy atom. The van der Waals surface area contributed by atoms with Crippen molar-refractivity contribution < 1.29 is 14.8 Å². The van der Waals surface area contributed by atoms with E-state index in [0.29, 0.717) is 13.1 Å². The standard InChI is InChI=1S/C9H13N3O3/c1-10-3-5-2-6-4-11(7(5)8(10)13)9(14)12(6)15/h5-7,15H,2-4H2,1H3. The summed E-state index contributed by atoms with van der Waals surface area (Å²) in [5, 5.41) is 10.3. The van der Waals surface area contributed by atoms with Gasteiger partial charge in [0.25, 0.3) is 0 Å². The predicted molar refractivity (Wildman–Crippen MR) is 49.0 cm³/mol. The molecule has 0 aliphatic carbocycles. The third kappa shape index (κ3) is 0.971. The molecule has 3 heterocycles. The minimum atomic E-state index is -0.420. The molecule has 3 fully saturated rings. The van der Waals surface area contributed by atoms with Crippen LogP contribution in [0.2, 0.25) is 0 Å². The lowest BCUT2D eigenvalue weighted by molar-refractivity contribution is -0.130. The summed E-state index contributed by atoms with van der Waals surface area (Å²) in [6.07, 6.45) is 0.722. The summed E-state index contributed by atoms with van der Waals surface area (Å²) in [6, 6.07) is -0.884. The molecule has 3 atom stereocenters. The Balaban J connectivity index is 1.96. The van der Waals surface area contributed by atoms with Gasteiger partial charge < -0.3 is 9.80 Å². The number of hydrogen-bond acceptors (Lipinski definition) is 3. The summed E-state index contributed by atoms with van der Waals surface area (Å²) in [6.45, 7) is 1.17. The summed E-state index contributed by atoms with van der Waals surface area (Å²) in [5.41, 5.74) is 0. The molecule has 15 heavy (non-hydrogen) atoms. The Labute approximate surface area is 87.0 Å². The molecule has 3 saturated heterocycles. The van der Waals surface area contributed by atoms with Crippen molar-refractivity contribution in [1.82, 2.24) is 14.9 Å². The van der Waals surface area contributed by atoms with Gasteiger partial charge in [0.2, 0.25) is 5.91 Å². The van der Waals surface area contributed by atoms with Crippen molar-refractivity contribution in [2.24, 2.45) is 5.92 Å². The molecular weight excluding hydrogens is 198 g/mol. The number of carbonyl (C=O) groups excluding carboxylic acids is 2. The third-order valence-electron chi connectivity index (χ3n) is 3.69. The molecule has 3 aliphatic heterocycles. The zero-order valence-electron chi connectivity index (χ0n) is 8.46. The molecule has 2 bridgehead atoms. The number of hydrogen-bond donors (Lipinski definition) is 1. The van der Waals surface area contributed by atoms with Gasteiger partial charge in [-0.25, -0.2) is 9.86 Å². The summed E-state index contributed by atoms with van der Waals surface area (Å²) in [7, 11) is 1.76. The lowest BCUT2D eigenvalue weighted by Gasteiger charge is -2.30. The van der Waals surface area contributed by atoms with E-state index in [1.165, 1.54) is 4.90 Å². The molecule has 3 aliphatic rings. The van der Waals surface area contributed by atoms with Crippen molar-refractivity contribution >= 4 is 11.9 Å².